The van der Waals surface area contributed by atoms with E-state index in [2.05, 4.69) is 20.3 Å². The standard InChI is InChI=1S/C23H24ClFN6O9/c1-2-38-22(37)28-11-5-3-10(4-6-11)7-23(19(33)34,20(35)36)39-8-12-15(32)13(25)18(40-12)31-9-27-14-16(26)29-21(24)30-17(14)31/h3-6,9,12-13,15,18,32H,2,7-8H2,1H3,(H,28,37)(H,33,34)(H,35,36)(H2,26,29,30)/t12-,13+,15-,18-/m1/s1. The van der Waals surface area contributed by atoms with E-state index in [1.807, 2.05) is 0 Å². The van der Waals surface area contributed by atoms with Crippen molar-refractivity contribution in [2.45, 2.75) is 43.6 Å². The smallest absolute Gasteiger partial charge is 0.411 e. The van der Waals surface area contributed by atoms with Gasteiger partial charge in [-0.1, -0.05) is 12.1 Å². The molecule has 214 valence electrons. The zero-order valence-electron chi connectivity index (χ0n) is 20.7. The van der Waals surface area contributed by atoms with Crippen LogP contribution < -0.4 is 11.1 Å². The van der Waals surface area contributed by atoms with E-state index < -0.39 is 61.3 Å². The number of aliphatic carboxylic acids is 2. The van der Waals surface area contributed by atoms with E-state index in [1.54, 1.807) is 6.92 Å². The highest BCUT2D eigenvalue weighted by Crippen LogP contribution is 2.35. The number of benzene rings is 1. The van der Waals surface area contributed by atoms with Gasteiger partial charge in [-0.25, -0.2) is 23.8 Å². The highest BCUT2D eigenvalue weighted by atomic mass is 35.5. The molecule has 0 unspecified atom stereocenters. The summed E-state index contributed by atoms with van der Waals surface area (Å²) in [5, 5.41) is 32.4. The number of imidazole rings is 1. The second kappa shape index (κ2) is 11.5. The van der Waals surface area contributed by atoms with Gasteiger partial charge in [-0.3, -0.25) is 9.88 Å². The molecule has 1 aromatic carbocycles. The van der Waals surface area contributed by atoms with Gasteiger partial charge in [0.15, 0.2) is 23.9 Å². The number of hydrogen-bond donors (Lipinski definition) is 5. The van der Waals surface area contributed by atoms with E-state index >= 15 is 4.39 Å². The zero-order chi connectivity index (χ0) is 29.2. The predicted octanol–water partition coefficient (Wildman–Crippen LogP) is 1.39. The highest BCUT2D eigenvalue weighted by Gasteiger charge is 2.52. The number of alkyl halides is 1. The van der Waals surface area contributed by atoms with Crippen LogP contribution in [0.4, 0.5) is 20.7 Å². The molecule has 3 aromatic rings. The van der Waals surface area contributed by atoms with E-state index in [9.17, 15) is 29.7 Å². The van der Waals surface area contributed by atoms with Crippen molar-refractivity contribution in [2.24, 2.45) is 0 Å². The molecule has 4 atom stereocenters. The first-order valence-corrected chi connectivity index (χ1v) is 12.1. The fourth-order valence-electron chi connectivity index (χ4n) is 4.08. The van der Waals surface area contributed by atoms with E-state index in [0.29, 0.717) is 5.69 Å². The van der Waals surface area contributed by atoms with Crippen molar-refractivity contribution in [1.29, 1.82) is 0 Å². The second-order valence-electron chi connectivity index (χ2n) is 8.67. The highest BCUT2D eigenvalue weighted by molar-refractivity contribution is 6.28. The first-order chi connectivity index (χ1) is 19.0. The molecular weight excluding hydrogens is 559 g/mol. The third kappa shape index (κ3) is 5.60. The molecule has 0 spiro atoms. The number of carbonyl (C=O) groups is 3. The van der Waals surface area contributed by atoms with Crippen LogP contribution in [0.1, 0.15) is 18.7 Å². The molecule has 0 saturated carbocycles. The number of aliphatic hydroxyl groups is 1. The Morgan fingerprint density at radius 2 is 1.90 bits per heavy atom. The zero-order valence-corrected chi connectivity index (χ0v) is 21.5. The fourth-order valence-corrected chi connectivity index (χ4v) is 4.25. The van der Waals surface area contributed by atoms with Crippen LogP contribution >= 0.6 is 11.6 Å². The number of fused-ring (bicyclic) bond motifs is 1. The van der Waals surface area contributed by atoms with Gasteiger partial charge in [0.2, 0.25) is 5.28 Å². The number of hydrogen-bond acceptors (Lipinski definition) is 11. The van der Waals surface area contributed by atoms with Crippen molar-refractivity contribution < 1.29 is 48.3 Å². The molecule has 0 bridgehead atoms. The molecule has 1 aliphatic heterocycles. The lowest BCUT2D eigenvalue weighted by Crippen LogP contribution is -2.52. The van der Waals surface area contributed by atoms with E-state index in [0.717, 1.165) is 10.9 Å². The Hall–Kier alpha value is -4.12. The maximum atomic E-state index is 15.1. The van der Waals surface area contributed by atoms with Crippen molar-refractivity contribution in [2.75, 3.05) is 24.3 Å². The van der Waals surface area contributed by atoms with Gasteiger partial charge >= 0.3 is 18.0 Å². The lowest BCUT2D eigenvalue weighted by Gasteiger charge is -2.27. The predicted molar refractivity (Wildman–Crippen MR) is 134 cm³/mol. The van der Waals surface area contributed by atoms with E-state index in [-0.39, 0.29) is 34.4 Å². The van der Waals surface area contributed by atoms with Crippen LogP contribution in [0.5, 0.6) is 0 Å². The molecule has 1 amide bonds. The van der Waals surface area contributed by atoms with Gasteiger partial charge in [-0.15, -0.1) is 0 Å². The minimum atomic E-state index is -2.82. The molecule has 17 heteroatoms. The summed E-state index contributed by atoms with van der Waals surface area (Å²) in [6.07, 6.45) is -7.06. The van der Waals surface area contributed by atoms with Crippen LogP contribution in [-0.2, 0) is 30.2 Å². The summed E-state index contributed by atoms with van der Waals surface area (Å²) >= 11 is 5.84. The van der Waals surface area contributed by atoms with Gasteiger partial charge in [-0.05, 0) is 36.2 Å². The summed E-state index contributed by atoms with van der Waals surface area (Å²) in [6, 6.07) is 5.62. The van der Waals surface area contributed by atoms with Crippen LogP contribution in [0.2, 0.25) is 5.28 Å². The number of halogens is 2. The normalized spacial score (nSPS) is 20.9. The summed E-state index contributed by atoms with van der Waals surface area (Å²) in [5.41, 5.74) is 3.62. The van der Waals surface area contributed by atoms with Crippen molar-refractivity contribution >= 4 is 52.3 Å². The second-order valence-corrected chi connectivity index (χ2v) is 9.01. The summed E-state index contributed by atoms with van der Waals surface area (Å²) in [7, 11) is 0. The lowest BCUT2D eigenvalue weighted by molar-refractivity contribution is -0.190. The number of aliphatic hydroxyl groups excluding tert-OH is 1. The molecule has 3 heterocycles. The van der Waals surface area contributed by atoms with Crippen molar-refractivity contribution in [3.63, 3.8) is 0 Å². The van der Waals surface area contributed by atoms with Gasteiger partial charge in [-0.2, -0.15) is 9.97 Å². The van der Waals surface area contributed by atoms with Crippen molar-refractivity contribution in [3.8, 4) is 0 Å². The Bertz CT molecular complexity index is 1410. The first kappa shape index (κ1) is 28.9. The van der Waals surface area contributed by atoms with Gasteiger partial charge in [0.05, 0.1) is 19.5 Å². The maximum absolute atomic E-state index is 15.1. The maximum Gasteiger partial charge on any atom is 0.411 e. The quantitative estimate of drug-likeness (QED) is 0.169. The molecule has 4 rings (SSSR count). The summed E-state index contributed by atoms with van der Waals surface area (Å²) in [4.78, 5) is 47.6. The molecule has 40 heavy (non-hydrogen) atoms. The van der Waals surface area contributed by atoms with Crippen LogP contribution in [0.3, 0.4) is 0 Å². The number of carboxylic acid groups (broad SMARTS) is 2. The molecule has 6 N–H and O–H groups in total. The lowest BCUT2D eigenvalue weighted by atomic mass is 9.94. The van der Waals surface area contributed by atoms with Crippen LogP contribution in [0.25, 0.3) is 11.2 Å². The third-order valence-electron chi connectivity index (χ3n) is 6.10. The van der Waals surface area contributed by atoms with E-state index in [1.165, 1.54) is 24.3 Å². The third-order valence-corrected chi connectivity index (χ3v) is 6.27. The van der Waals surface area contributed by atoms with Crippen molar-refractivity contribution in [1.82, 2.24) is 19.5 Å². The van der Waals surface area contributed by atoms with E-state index in [4.69, 9.17) is 31.5 Å². The summed E-state index contributed by atoms with van der Waals surface area (Å²) in [5.74, 6) is -3.74. The van der Waals surface area contributed by atoms with Crippen LogP contribution in [0, 0.1) is 0 Å². The van der Waals surface area contributed by atoms with Crippen LogP contribution in [0.15, 0.2) is 30.6 Å². The number of ether oxygens (including phenoxy) is 3. The number of rotatable bonds is 10. The Morgan fingerprint density at radius 3 is 2.52 bits per heavy atom. The topological polar surface area (TPSA) is 221 Å². The Kier molecular flexibility index (Phi) is 8.34. The molecule has 0 aliphatic carbocycles. The van der Waals surface area contributed by atoms with Crippen molar-refractivity contribution in [3.05, 3.63) is 41.4 Å². The monoisotopic (exact) mass is 582 g/mol. The average Bonchev–Trinajstić information content (AvgIpc) is 3.43. The Morgan fingerprint density at radius 1 is 1.23 bits per heavy atom. The van der Waals surface area contributed by atoms with Gasteiger partial charge in [0, 0.05) is 12.1 Å². The molecular formula is C23H24ClFN6O9. The number of nitrogens with one attached hydrogen (secondary N) is 1. The SMILES string of the molecule is CCOC(=O)Nc1ccc(CC(OC[C@H]2O[C@@H](n3cnc4c(N)nc(Cl)nc43)[C@@H](F)[C@@H]2O)(C(=O)O)C(=O)O)cc1. The Balaban J connectivity index is 1.51. The Labute approximate surface area is 229 Å². The average molecular weight is 583 g/mol. The summed E-state index contributed by atoms with van der Waals surface area (Å²) in [6.45, 7) is 0.981. The van der Waals surface area contributed by atoms with Gasteiger partial charge < -0.3 is 35.3 Å². The number of aromatic nitrogens is 4. The minimum absolute atomic E-state index is 0.0187. The van der Waals surface area contributed by atoms with Crippen LogP contribution in [-0.4, -0.2) is 90.1 Å². The van der Waals surface area contributed by atoms with Gasteiger partial charge in [0.25, 0.3) is 5.60 Å². The summed E-state index contributed by atoms with van der Waals surface area (Å²) < 4.78 is 32.0. The molecule has 2 aromatic heterocycles. The number of nitrogens with two attached hydrogens (primary N) is 1. The largest absolute Gasteiger partial charge is 0.479 e. The number of nitrogen functional groups attached to an aromatic ring is 1. The molecule has 15 nitrogen and oxygen atoms in total. The number of carboxylic acids is 2. The molecule has 1 saturated heterocycles. The minimum Gasteiger partial charge on any atom is -0.479 e. The molecule has 0 radical (unpaired) electrons. The first-order valence-electron chi connectivity index (χ1n) is 11.7. The number of nitrogens with zero attached hydrogens (tertiary/aromatic N) is 4. The number of anilines is 2. The number of carbonyl (C=O) groups excluding carboxylic acids is 1. The molecule has 1 aliphatic rings. The van der Waals surface area contributed by atoms with Gasteiger partial charge in [0.1, 0.15) is 17.7 Å². The number of amides is 1. The fraction of sp³-hybridized carbons (Fsp3) is 0.391. The molecule has 1 fully saturated rings.